The van der Waals surface area contributed by atoms with Crippen LogP contribution in [0.25, 0.3) is 0 Å². The van der Waals surface area contributed by atoms with E-state index in [4.69, 9.17) is 9.47 Å². The van der Waals surface area contributed by atoms with Crippen molar-refractivity contribution in [3.63, 3.8) is 0 Å². The number of aromatic nitrogens is 2. The van der Waals surface area contributed by atoms with Crippen molar-refractivity contribution in [2.75, 3.05) is 14.2 Å². The highest BCUT2D eigenvalue weighted by Crippen LogP contribution is 2.30. The molecule has 1 aromatic carbocycles. The van der Waals surface area contributed by atoms with Crippen LogP contribution in [0.15, 0.2) is 30.6 Å². The van der Waals surface area contributed by atoms with Crippen molar-refractivity contribution >= 4 is 0 Å². The minimum atomic E-state index is 0.271. The topological polar surface area (TPSA) is 48.3 Å². The highest BCUT2D eigenvalue weighted by Gasteiger charge is 2.10. The van der Waals surface area contributed by atoms with E-state index in [0.717, 1.165) is 22.9 Å². The second-order valence-electron chi connectivity index (χ2n) is 4.66. The fourth-order valence-electron chi connectivity index (χ4n) is 1.92. The van der Waals surface area contributed by atoms with E-state index in [-0.39, 0.29) is 6.04 Å². The molecule has 0 aliphatic heterocycles. The second-order valence-corrected chi connectivity index (χ2v) is 4.66. The molecule has 0 aliphatic carbocycles. The average Bonchev–Trinajstić information content (AvgIpc) is 2.89. The van der Waals surface area contributed by atoms with Crippen LogP contribution in [0.1, 0.15) is 24.4 Å². The van der Waals surface area contributed by atoms with E-state index in [1.54, 1.807) is 13.3 Å². The first kappa shape index (κ1) is 14.4. The Hall–Kier alpha value is -2.01. The van der Waals surface area contributed by atoms with Crippen LogP contribution >= 0.6 is 0 Å². The van der Waals surface area contributed by atoms with Gasteiger partial charge in [0.1, 0.15) is 12.4 Å². The van der Waals surface area contributed by atoms with Crippen LogP contribution in [0.5, 0.6) is 11.5 Å². The zero-order valence-corrected chi connectivity index (χ0v) is 12.4. The summed E-state index contributed by atoms with van der Waals surface area (Å²) in [6, 6.07) is 6.24. The number of aryl methyl sites for hydroxylation is 1. The number of ether oxygens (including phenoxy) is 2. The molecule has 0 amide bonds. The highest BCUT2D eigenvalue weighted by molar-refractivity contribution is 5.43. The van der Waals surface area contributed by atoms with Crippen LogP contribution in [-0.2, 0) is 13.7 Å². The van der Waals surface area contributed by atoms with Crippen LogP contribution in [-0.4, -0.2) is 23.7 Å². The zero-order chi connectivity index (χ0) is 14.5. The molecular formula is C15H21N3O2. The molecule has 1 unspecified atom stereocenters. The van der Waals surface area contributed by atoms with Crippen LogP contribution in [0.3, 0.4) is 0 Å². The number of rotatable bonds is 6. The summed E-state index contributed by atoms with van der Waals surface area (Å²) in [4.78, 5) is 4.23. The Kier molecular flexibility index (Phi) is 4.63. The molecule has 0 saturated carbocycles. The maximum atomic E-state index is 5.79. The van der Waals surface area contributed by atoms with E-state index in [9.17, 15) is 0 Å². The van der Waals surface area contributed by atoms with E-state index >= 15 is 0 Å². The summed E-state index contributed by atoms with van der Waals surface area (Å²) in [5.74, 6) is 2.33. The second kappa shape index (κ2) is 6.43. The van der Waals surface area contributed by atoms with Crippen molar-refractivity contribution in [3.8, 4) is 11.5 Å². The van der Waals surface area contributed by atoms with Crippen molar-refractivity contribution in [2.45, 2.75) is 19.6 Å². The van der Waals surface area contributed by atoms with Crippen molar-refractivity contribution in [3.05, 3.63) is 42.0 Å². The third kappa shape index (κ3) is 3.11. The number of benzene rings is 1. The molecule has 108 valence electrons. The lowest BCUT2D eigenvalue weighted by Crippen LogP contribution is -2.12. The minimum Gasteiger partial charge on any atom is -0.493 e. The van der Waals surface area contributed by atoms with Gasteiger partial charge in [0, 0.05) is 25.5 Å². The van der Waals surface area contributed by atoms with Gasteiger partial charge in [-0.1, -0.05) is 6.07 Å². The van der Waals surface area contributed by atoms with E-state index in [0.29, 0.717) is 6.61 Å². The number of hydrogen-bond donors (Lipinski definition) is 1. The number of nitrogens with zero attached hydrogens (tertiary/aromatic N) is 2. The molecule has 1 atom stereocenters. The Labute approximate surface area is 119 Å². The predicted octanol–water partition coefficient (Wildman–Crippen LogP) is 2.29. The molecule has 0 saturated heterocycles. The Morgan fingerprint density at radius 3 is 2.75 bits per heavy atom. The molecule has 1 heterocycles. The summed E-state index contributed by atoms with van der Waals surface area (Å²) in [5, 5.41) is 3.20. The van der Waals surface area contributed by atoms with Gasteiger partial charge in [-0.2, -0.15) is 0 Å². The van der Waals surface area contributed by atoms with Gasteiger partial charge in [-0.15, -0.1) is 0 Å². The van der Waals surface area contributed by atoms with E-state index in [1.165, 1.54) is 0 Å². The number of nitrogens with one attached hydrogen (secondary N) is 1. The van der Waals surface area contributed by atoms with Crippen molar-refractivity contribution in [2.24, 2.45) is 7.05 Å². The lowest BCUT2D eigenvalue weighted by atomic mass is 10.1. The lowest BCUT2D eigenvalue weighted by molar-refractivity contribution is 0.273. The van der Waals surface area contributed by atoms with Crippen molar-refractivity contribution in [1.29, 1.82) is 0 Å². The standard InChI is InChI=1S/C15H21N3O2/c1-11(16-2)12-5-6-13(14(9-12)19-4)20-10-15-17-7-8-18(15)3/h5-9,11,16H,10H2,1-4H3. The molecule has 0 bridgehead atoms. The summed E-state index contributed by atoms with van der Waals surface area (Å²) >= 11 is 0. The smallest absolute Gasteiger partial charge is 0.161 e. The predicted molar refractivity (Wildman–Crippen MR) is 78.0 cm³/mol. The zero-order valence-electron chi connectivity index (χ0n) is 12.4. The van der Waals surface area contributed by atoms with Crippen molar-refractivity contribution in [1.82, 2.24) is 14.9 Å². The Morgan fingerprint density at radius 1 is 1.35 bits per heavy atom. The van der Waals surface area contributed by atoms with Gasteiger partial charge in [-0.3, -0.25) is 0 Å². The monoisotopic (exact) mass is 275 g/mol. The summed E-state index contributed by atoms with van der Waals surface area (Å²) in [6.45, 7) is 2.52. The molecule has 0 radical (unpaired) electrons. The van der Waals surface area contributed by atoms with Gasteiger partial charge < -0.3 is 19.4 Å². The van der Waals surface area contributed by atoms with Crippen LogP contribution in [0, 0.1) is 0 Å². The Balaban J connectivity index is 2.13. The number of hydrogen-bond acceptors (Lipinski definition) is 4. The maximum Gasteiger partial charge on any atom is 0.161 e. The molecule has 5 heteroatoms. The van der Waals surface area contributed by atoms with Gasteiger partial charge in [-0.05, 0) is 31.7 Å². The minimum absolute atomic E-state index is 0.271. The van der Waals surface area contributed by atoms with E-state index in [2.05, 4.69) is 17.2 Å². The molecule has 0 fully saturated rings. The third-order valence-electron chi connectivity index (χ3n) is 3.40. The van der Waals surface area contributed by atoms with Gasteiger partial charge in [0.05, 0.1) is 7.11 Å². The van der Waals surface area contributed by atoms with Gasteiger partial charge in [0.15, 0.2) is 11.5 Å². The number of imidazole rings is 1. The molecular weight excluding hydrogens is 254 g/mol. The number of methoxy groups -OCH3 is 1. The normalized spacial score (nSPS) is 12.2. The summed E-state index contributed by atoms with van der Waals surface area (Å²) in [6.07, 6.45) is 3.65. The van der Waals surface area contributed by atoms with Crippen LogP contribution in [0.4, 0.5) is 0 Å². The van der Waals surface area contributed by atoms with E-state index in [1.807, 2.05) is 43.1 Å². The molecule has 1 N–H and O–H groups in total. The maximum absolute atomic E-state index is 5.79. The summed E-state index contributed by atoms with van der Waals surface area (Å²) in [7, 11) is 5.53. The molecule has 20 heavy (non-hydrogen) atoms. The largest absolute Gasteiger partial charge is 0.493 e. The highest BCUT2D eigenvalue weighted by atomic mass is 16.5. The summed E-state index contributed by atoms with van der Waals surface area (Å²) < 4.78 is 13.1. The molecule has 0 aliphatic rings. The SMILES string of the molecule is CNC(C)c1ccc(OCc2nccn2C)c(OC)c1. The fourth-order valence-corrected chi connectivity index (χ4v) is 1.92. The molecule has 0 spiro atoms. The molecule has 2 aromatic rings. The molecule has 2 rings (SSSR count). The molecule has 5 nitrogen and oxygen atoms in total. The Bertz CT molecular complexity index is 566. The first-order valence-corrected chi connectivity index (χ1v) is 6.60. The quantitative estimate of drug-likeness (QED) is 0.878. The Morgan fingerprint density at radius 2 is 2.15 bits per heavy atom. The first-order chi connectivity index (χ1) is 9.65. The fraction of sp³-hybridized carbons (Fsp3) is 0.400. The van der Waals surface area contributed by atoms with Crippen LogP contribution < -0.4 is 14.8 Å². The average molecular weight is 275 g/mol. The van der Waals surface area contributed by atoms with Gasteiger partial charge >= 0.3 is 0 Å². The van der Waals surface area contributed by atoms with Gasteiger partial charge in [0.2, 0.25) is 0 Å². The first-order valence-electron chi connectivity index (χ1n) is 6.60. The van der Waals surface area contributed by atoms with E-state index < -0.39 is 0 Å². The molecule has 1 aromatic heterocycles. The van der Waals surface area contributed by atoms with Crippen LogP contribution in [0.2, 0.25) is 0 Å². The third-order valence-corrected chi connectivity index (χ3v) is 3.40. The van der Waals surface area contributed by atoms with Crippen molar-refractivity contribution < 1.29 is 9.47 Å². The van der Waals surface area contributed by atoms with Gasteiger partial charge in [-0.25, -0.2) is 4.98 Å². The summed E-state index contributed by atoms with van der Waals surface area (Å²) in [5.41, 5.74) is 1.16. The lowest BCUT2D eigenvalue weighted by Gasteiger charge is -2.15. The van der Waals surface area contributed by atoms with Gasteiger partial charge in [0.25, 0.3) is 0 Å².